The number of carbonyl (C=O) groups is 2. The van der Waals surface area contributed by atoms with E-state index in [9.17, 15) is 19.2 Å². The summed E-state index contributed by atoms with van der Waals surface area (Å²) in [5.41, 5.74) is 0.942. The largest absolute Gasteiger partial charge is 0.491 e. The maximum Gasteiger partial charge on any atom is 0.336 e. The number of hydrogen-bond acceptors (Lipinski definition) is 5. The Morgan fingerprint density at radius 3 is 2.51 bits per heavy atom. The molecule has 1 spiro atoms. The van der Waals surface area contributed by atoms with Gasteiger partial charge in [-0.1, -0.05) is 24.3 Å². The molecule has 0 aromatic heterocycles. The number of urea groups is 1. The van der Waals surface area contributed by atoms with Crippen molar-refractivity contribution in [3.8, 4) is 11.8 Å². The normalized spacial score (nSPS) is 21.6. The Bertz CT molecular complexity index is 1450. The lowest BCUT2D eigenvalue weighted by molar-refractivity contribution is -0.123. The molecule has 2 atom stereocenters. The van der Waals surface area contributed by atoms with Crippen LogP contribution in [-0.4, -0.2) is 41.1 Å². The van der Waals surface area contributed by atoms with Gasteiger partial charge in [-0.25, -0.2) is 14.1 Å². The van der Waals surface area contributed by atoms with Crippen LogP contribution in [0.25, 0.3) is 0 Å². The van der Waals surface area contributed by atoms with Gasteiger partial charge in [0.2, 0.25) is 0 Å². The highest BCUT2D eigenvalue weighted by molar-refractivity contribution is 6.30. The van der Waals surface area contributed by atoms with Crippen LogP contribution in [0.1, 0.15) is 44.7 Å². The molecule has 0 aliphatic carbocycles. The Labute approximate surface area is 228 Å². The lowest BCUT2D eigenvalue weighted by Crippen LogP contribution is -2.59. The number of imide groups is 1. The van der Waals surface area contributed by atoms with Crippen LogP contribution < -0.4 is 14.5 Å². The summed E-state index contributed by atoms with van der Waals surface area (Å²) in [6.45, 7) is 7.26. The number of anilines is 2. The molecule has 2 fully saturated rings. The van der Waals surface area contributed by atoms with Gasteiger partial charge in [0.15, 0.2) is 0 Å². The fourth-order valence-corrected chi connectivity index (χ4v) is 5.71. The summed E-state index contributed by atoms with van der Waals surface area (Å²) in [4.78, 5) is 33.0. The summed E-state index contributed by atoms with van der Waals surface area (Å²) in [6, 6.07) is 21.7. The monoisotopic (exact) mass is 526 g/mol. The highest BCUT2D eigenvalue weighted by atomic mass is 19.1. The van der Waals surface area contributed by atoms with E-state index in [0.717, 1.165) is 16.2 Å². The number of rotatable bonds is 6. The van der Waals surface area contributed by atoms with Crippen molar-refractivity contribution in [3.05, 3.63) is 89.7 Å². The van der Waals surface area contributed by atoms with E-state index < -0.39 is 17.4 Å². The van der Waals surface area contributed by atoms with Crippen molar-refractivity contribution < 1.29 is 18.7 Å². The van der Waals surface area contributed by atoms with Crippen molar-refractivity contribution in [3.63, 3.8) is 0 Å². The first-order valence-electron chi connectivity index (χ1n) is 13.2. The highest BCUT2D eigenvalue weighted by Gasteiger charge is 2.60. The lowest BCUT2D eigenvalue weighted by atomic mass is 9.81. The Hall–Kier alpha value is -4.22. The molecule has 2 heterocycles. The summed E-state index contributed by atoms with van der Waals surface area (Å²) >= 11 is 0. The Morgan fingerprint density at radius 2 is 1.79 bits per heavy atom. The Morgan fingerprint density at radius 1 is 1.05 bits per heavy atom. The van der Waals surface area contributed by atoms with Crippen LogP contribution in [-0.2, 0) is 11.3 Å². The number of halogens is 1. The molecule has 0 bridgehead atoms. The van der Waals surface area contributed by atoms with Gasteiger partial charge < -0.3 is 4.74 Å². The fraction of sp³-hybridized carbons (Fsp3) is 0.323. The molecule has 3 aromatic rings. The standard InChI is InChI=1S/C31H31FN4O3/c1-21(2)39-28-12-5-8-24(16-28)20-34-14-13-31(18-22(34)3)29(37)35(26-10-4-7-23(15-26)19-33)30(38)36(31)27-11-6-9-25(32)17-27/h4-12,15-17,21-22H,13-14,18,20H2,1-3H3/t22-,31?/m0/s1. The van der Waals surface area contributed by atoms with E-state index >= 15 is 0 Å². The number of amides is 3. The maximum absolute atomic E-state index is 14.3. The first kappa shape index (κ1) is 26.4. The smallest absolute Gasteiger partial charge is 0.336 e. The molecular weight excluding hydrogens is 495 g/mol. The van der Waals surface area contributed by atoms with Crippen molar-refractivity contribution in [1.82, 2.24) is 4.90 Å². The molecule has 2 aliphatic heterocycles. The highest BCUT2D eigenvalue weighted by Crippen LogP contribution is 2.44. The molecule has 5 rings (SSSR count). The molecule has 2 aliphatic rings. The lowest BCUT2D eigenvalue weighted by Gasteiger charge is -2.45. The number of nitrogens with zero attached hydrogens (tertiary/aromatic N) is 4. The fourth-order valence-electron chi connectivity index (χ4n) is 5.71. The number of ether oxygens (including phenoxy) is 1. The van der Waals surface area contributed by atoms with E-state index in [-0.39, 0.29) is 18.1 Å². The summed E-state index contributed by atoms with van der Waals surface area (Å²) < 4.78 is 20.2. The molecule has 7 nitrogen and oxygen atoms in total. The number of nitriles is 1. The van der Waals surface area contributed by atoms with E-state index in [0.29, 0.717) is 42.9 Å². The van der Waals surface area contributed by atoms with Crippen LogP contribution in [0.2, 0.25) is 0 Å². The molecule has 0 N–H and O–H groups in total. The Balaban J connectivity index is 1.47. The predicted octanol–water partition coefficient (Wildman–Crippen LogP) is 5.88. The van der Waals surface area contributed by atoms with Gasteiger partial charge in [0.1, 0.15) is 17.1 Å². The molecule has 0 saturated carbocycles. The van der Waals surface area contributed by atoms with E-state index in [4.69, 9.17) is 4.74 Å². The number of carbonyl (C=O) groups excluding carboxylic acids is 2. The van der Waals surface area contributed by atoms with E-state index in [1.807, 2.05) is 32.0 Å². The predicted molar refractivity (Wildman–Crippen MR) is 147 cm³/mol. The van der Waals surface area contributed by atoms with Crippen LogP contribution in [0, 0.1) is 17.1 Å². The van der Waals surface area contributed by atoms with Gasteiger partial charge >= 0.3 is 6.03 Å². The van der Waals surface area contributed by atoms with Crippen LogP contribution in [0.3, 0.4) is 0 Å². The quantitative estimate of drug-likeness (QED) is 0.375. The van der Waals surface area contributed by atoms with Gasteiger partial charge in [-0.3, -0.25) is 14.6 Å². The number of likely N-dealkylation sites (tertiary alicyclic amines) is 1. The SMILES string of the molecule is CC(C)Oc1cccc(CN2CCC3(C[C@@H]2C)C(=O)N(c2cccc(C#N)c2)C(=O)N3c2cccc(F)c2)c1. The van der Waals surface area contributed by atoms with Crippen LogP contribution in [0.5, 0.6) is 5.75 Å². The van der Waals surface area contributed by atoms with Crippen LogP contribution >= 0.6 is 0 Å². The molecule has 8 heteroatoms. The van der Waals surface area contributed by atoms with Crippen LogP contribution in [0.4, 0.5) is 20.6 Å². The number of piperidine rings is 1. The van der Waals surface area contributed by atoms with E-state index in [1.54, 1.807) is 30.3 Å². The summed E-state index contributed by atoms with van der Waals surface area (Å²) in [5, 5.41) is 9.38. The second-order valence-corrected chi connectivity index (χ2v) is 10.5. The van der Waals surface area contributed by atoms with Crippen molar-refractivity contribution in [2.45, 2.75) is 57.8 Å². The second kappa shape index (κ2) is 10.5. The molecule has 3 aromatic carbocycles. The van der Waals surface area contributed by atoms with Gasteiger partial charge in [0.05, 0.1) is 23.4 Å². The molecule has 200 valence electrons. The molecule has 2 saturated heterocycles. The molecule has 3 amide bonds. The third-order valence-corrected chi connectivity index (χ3v) is 7.44. The van der Waals surface area contributed by atoms with Crippen molar-refractivity contribution >= 4 is 23.3 Å². The average Bonchev–Trinajstić information content (AvgIpc) is 3.11. The zero-order chi connectivity index (χ0) is 27.7. The first-order valence-corrected chi connectivity index (χ1v) is 13.2. The van der Waals surface area contributed by atoms with Crippen molar-refractivity contribution in [2.24, 2.45) is 0 Å². The Kier molecular flexibility index (Phi) is 7.11. The third kappa shape index (κ3) is 4.98. The van der Waals surface area contributed by atoms with Gasteiger partial charge in [-0.05, 0) is 87.7 Å². The second-order valence-electron chi connectivity index (χ2n) is 10.5. The third-order valence-electron chi connectivity index (χ3n) is 7.44. The number of hydrogen-bond donors (Lipinski definition) is 0. The molecular formula is C31H31FN4O3. The topological polar surface area (TPSA) is 76.9 Å². The minimum Gasteiger partial charge on any atom is -0.491 e. The van der Waals surface area contributed by atoms with Gasteiger partial charge in [0, 0.05) is 24.8 Å². The average molecular weight is 527 g/mol. The summed E-state index contributed by atoms with van der Waals surface area (Å²) in [6.07, 6.45) is 0.838. The zero-order valence-corrected chi connectivity index (χ0v) is 22.3. The van der Waals surface area contributed by atoms with E-state index in [2.05, 4.69) is 24.0 Å². The molecule has 1 unspecified atom stereocenters. The maximum atomic E-state index is 14.3. The van der Waals surface area contributed by atoms with Gasteiger partial charge in [0.25, 0.3) is 5.91 Å². The van der Waals surface area contributed by atoms with Gasteiger partial charge in [-0.2, -0.15) is 5.26 Å². The van der Waals surface area contributed by atoms with Crippen LogP contribution in [0.15, 0.2) is 72.8 Å². The molecule has 39 heavy (non-hydrogen) atoms. The minimum absolute atomic E-state index is 0.0494. The first-order chi connectivity index (χ1) is 18.7. The summed E-state index contributed by atoms with van der Waals surface area (Å²) in [5.74, 6) is -0.0276. The summed E-state index contributed by atoms with van der Waals surface area (Å²) in [7, 11) is 0. The number of benzene rings is 3. The van der Waals surface area contributed by atoms with Crippen molar-refractivity contribution in [2.75, 3.05) is 16.3 Å². The molecule has 0 radical (unpaired) electrons. The van der Waals surface area contributed by atoms with Crippen molar-refractivity contribution in [1.29, 1.82) is 5.26 Å². The van der Waals surface area contributed by atoms with E-state index in [1.165, 1.54) is 23.1 Å². The minimum atomic E-state index is -1.17. The zero-order valence-electron chi connectivity index (χ0n) is 22.3. The van der Waals surface area contributed by atoms with Gasteiger partial charge in [-0.15, -0.1) is 0 Å².